The molecular formula is C10H17N6+. The summed E-state index contributed by atoms with van der Waals surface area (Å²) >= 11 is 0. The van der Waals surface area contributed by atoms with Gasteiger partial charge in [-0.25, -0.2) is 0 Å². The van der Waals surface area contributed by atoms with Gasteiger partial charge in [-0.15, -0.1) is 0 Å². The van der Waals surface area contributed by atoms with Crippen LogP contribution in [0.1, 0.15) is 0 Å². The summed E-state index contributed by atoms with van der Waals surface area (Å²) in [5.74, 6) is 0. The average Bonchev–Trinajstić information content (AvgIpc) is 2.26. The molecule has 0 spiro atoms. The lowest BCUT2D eigenvalue weighted by atomic mass is 10.3. The summed E-state index contributed by atoms with van der Waals surface area (Å²) in [7, 11) is 0. The van der Waals surface area contributed by atoms with Gasteiger partial charge >= 0.3 is 0 Å². The molecule has 0 fully saturated rings. The quantitative estimate of drug-likeness (QED) is 0.308. The zero-order valence-electron chi connectivity index (χ0n) is 9.32. The van der Waals surface area contributed by atoms with Gasteiger partial charge < -0.3 is 11.1 Å². The highest BCUT2D eigenvalue weighted by atomic mass is 15.4. The monoisotopic (exact) mass is 221 g/mol. The fourth-order valence-corrected chi connectivity index (χ4v) is 1.40. The first kappa shape index (κ1) is 14.3. The Hall–Kier alpha value is -1.65. The van der Waals surface area contributed by atoms with E-state index in [-0.39, 0.29) is 24.1 Å². The van der Waals surface area contributed by atoms with Crippen LogP contribution in [-0.4, -0.2) is 50.3 Å². The Morgan fingerprint density at radius 1 is 0.938 bits per heavy atom. The van der Waals surface area contributed by atoms with Crippen LogP contribution in [0.2, 0.25) is 0 Å². The molecule has 0 amide bonds. The van der Waals surface area contributed by atoms with E-state index in [1.807, 2.05) is 18.2 Å². The lowest BCUT2D eigenvalue weighted by Gasteiger charge is -2.31. The minimum Gasteiger partial charge on any atom is -0.329 e. The van der Waals surface area contributed by atoms with Crippen LogP contribution >= 0.6 is 0 Å². The van der Waals surface area contributed by atoms with Crippen molar-refractivity contribution in [3.05, 3.63) is 0 Å². The largest absolute Gasteiger partial charge is 0.329 e. The van der Waals surface area contributed by atoms with E-state index in [1.54, 1.807) is 0 Å². The normalized spacial score (nSPS) is 10.1. The Kier molecular flexibility index (Phi) is 7.75. The Balaban J connectivity index is 4.33. The van der Waals surface area contributed by atoms with Crippen molar-refractivity contribution in [2.75, 3.05) is 45.8 Å². The van der Waals surface area contributed by atoms with Gasteiger partial charge in [0.1, 0.15) is 18.2 Å². The molecule has 0 aliphatic rings. The molecule has 3 N–H and O–H groups in total. The maximum absolute atomic E-state index is 8.73. The zero-order valence-corrected chi connectivity index (χ0v) is 9.32. The number of hydrogen-bond donors (Lipinski definition) is 2. The molecule has 0 saturated heterocycles. The van der Waals surface area contributed by atoms with Gasteiger partial charge in [-0.05, 0) is 0 Å². The SMILES string of the molecule is N#CC[N+](CC#N)(CC#N)CCNCCN. The second-order valence-electron chi connectivity index (χ2n) is 3.55. The molecule has 0 radical (unpaired) electrons. The highest BCUT2D eigenvalue weighted by Gasteiger charge is 2.26. The first-order valence-electron chi connectivity index (χ1n) is 5.11. The van der Waals surface area contributed by atoms with E-state index in [9.17, 15) is 0 Å². The van der Waals surface area contributed by atoms with Gasteiger partial charge in [0.05, 0.1) is 6.54 Å². The van der Waals surface area contributed by atoms with Gasteiger partial charge in [0.2, 0.25) is 0 Å². The molecule has 0 unspecified atom stereocenters. The molecular weight excluding hydrogens is 204 g/mol. The number of nitriles is 3. The molecule has 0 saturated carbocycles. The lowest BCUT2D eigenvalue weighted by Crippen LogP contribution is -2.52. The summed E-state index contributed by atoms with van der Waals surface area (Å²) in [6.07, 6.45) is 0. The summed E-state index contributed by atoms with van der Waals surface area (Å²) < 4.78 is 0.209. The Morgan fingerprint density at radius 2 is 1.44 bits per heavy atom. The molecule has 0 bridgehead atoms. The predicted molar refractivity (Wildman–Crippen MR) is 58.5 cm³/mol. The molecule has 0 atom stereocenters. The third kappa shape index (κ3) is 5.29. The van der Waals surface area contributed by atoms with Crippen LogP contribution in [0.15, 0.2) is 0 Å². The summed E-state index contributed by atoms with van der Waals surface area (Å²) in [6.45, 7) is 3.06. The number of nitrogens with one attached hydrogen (secondary N) is 1. The molecule has 16 heavy (non-hydrogen) atoms. The van der Waals surface area contributed by atoms with Gasteiger partial charge in [-0.3, -0.25) is 4.48 Å². The van der Waals surface area contributed by atoms with E-state index >= 15 is 0 Å². The second kappa shape index (κ2) is 8.64. The summed E-state index contributed by atoms with van der Waals surface area (Å²) in [5.41, 5.74) is 5.33. The number of hydrogen-bond acceptors (Lipinski definition) is 5. The fraction of sp³-hybridized carbons (Fsp3) is 0.700. The summed E-state index contributed by atoms with van der Waals surface area (Å²) in [6, 6.07) is 6.11. The van der Waals surface area contributed by atoms with E-state index in [2.05, 4.69) is 5.32 Å². The maximum atomic E-state index is 8.73. The number of quaternary nitrogens is 1. The van der Waals surface area contributed by atoms with Crippen LogP contribution in [0, 0.1) is 34.0 Å². The van der Waals surface area contributed by atoms with E-state index in [0.29, 0.717) is 26.2 Å². The number of rotatable bonds is 8. The van der Waals surface area contributed by atoms with Crippen molar-refractivity contribution in [1.29, 1.82) is 15.8 Å². The van der Waals surface area contributed by atoms with Crippen LogP contribution in [-0.2, 0) is 0 Å². The smallest absolute Gasteiger partial charge is 0.168 e. The molecule has 0 aliphatic heterocycles. The van der Waals surface area contributed by atoms with Gasteiger partial charge in [-0.1, -0.05) is 0 Å². The van der Waals surface area contributed by atoms with E-state index in [1.165, 1.54) is 0 Å². The molecule has 0 aliphatic carbocycles. The van der Waals surface area contributed by atoms with Crippen molar-refractivity contribution in [1.82, 2.24) is 5.32 Å². The molecule has 6 heteroatoms. The first-order valence-corrected chi connectivity index (χ1v) is 5.11. The van der Waals surface area contributed by atoms with Crippen molar-refractivity contribution >= 4 is 0 Å². The van der Waals surface area contributed by atoms with Crippen LogP contribution in [0.4, 0.5) is 0 Å². The van der Waals surface area contributed by atoms with Gasteiger partial charge in [0.25, 0.3) is 0 Å². The average molecular weight is 221 g/mol. The van der Waals surface area contributed by atoms with Crippen LogP contribution in [0.5, 0.6) is 0 Å². The van der Waals surface area contributed by atoms with Gasteiger partial charge in [-0.2, -0.15) is 15.8 Å². The highest BCUT2D eigenvalue weighted by molar-refractivity contribution is 4.80. The van der Waals surface area contributed by atoms with E-state index in [0.717, 1.165) is 0 Å². The number of nitrogens with zero attached hydrogens (tertiary/aromatic N) is 4. The van der Waals surface area contributed by atoms with E-state index in [4.69, 9.17) is 21.5 Å². The van der Waals surface area contributed by atoms with Crippen molar-refractivity contribution < 1.29 is 4.48 Å². The first-order chi connectivity index (χ1) is 7.74. The minimum absolute atomic E-state index is 0.186. The Bertz CT molecular complexity index is 264. The fourth-order valence-electron chi connectivity index (χ4n) is 1.40. The molecule has 86 valence electrons. The second-order valence-corrected chi connectivity index (χ2v) is 3.55. The molecule has 0 aromatic rings. The predicted octanol–water partition coefficient (Wildman–Crippen LogP) is -1.08. The maximum Gasteiger partial charge on any atom is 0.168 e. The summed E-state index contributed by atoms with van der Waals surface area (Å²) in [4.78, 5) is 0. The number of nitrogens with two attached hydrogens (primary N) is 1. The third-order valence-corrected chi connectivity index (χ3v) is 2.30. The van der Waals surface area contributed by atoms with Crippen molar-refractivity contribution in [2.24, 2.45) is 5.73 Å². The van der Waals surface area contributed by atoms with Crippen LogP contribution in [0.3, 0.4) is 0 Å². The topological polar surface area (TPSA) is 109 Å². The standard InChI is InChI=1S/C10H17N6/c11-1-5-15-6-10-16(7-2-12,8-3-13)9-4-14/h15H,1,5-11H2/q+1. The highest BCUT2D eigenvalue weighted by Crippen LogP contribution is 2.04. The van der Waals surface area contributed by atoms with E-state index < -0.39 is 0 Å². The minimum atomic E-state index is 0.186. The van der Waals surface area contributed by atoms with Crippen molar-refractivity contribution in [3.8, 4) is 18.2 Å². The zero-order chi connectivity index (χ0) is 12.3. The Morgan fingerprint density at radius 3 is 1.81 bits per heavy atom. The summed E-state index contributed by atoms with van der Waals surface area (Å²) in [5, 5.41) is 29.3. The Labute approximate surface area is 96.1 Å². The molecule has 0 aromatic heterocycles. The van der Waals surface area contributed by atoms with Crippen LogP contribution < -0.4 is 11.1 Å². The lowest BCUT2D eigenvalue weighted by molar-refractivity contribution is -0.907. The van der Waals surface area contributed by atoms with Crippen LogP contribution in [0.25, 0.3) is 0 Å². The van der Waals surface area contributed by atoms with Gasteiger partial charge in [0, 0.05) is 19.6 Å². The van der Waals surface area contributed by atoms with Crippen molar-refractivity contribution in [3.63, 3.8) is 0 Å². The molecule has 6 nitrogen and oxygen atoms in total. The molecule has 0 heterocycles. The molecule has 0 rings (SSSR count). The third-order valence-electron chi connectivity index (χ3n) is 2.30. The van der Waals surface area contributed by atoms with Crippen molar-refractivity contribution in [2.45, 2.75) is 0 Å². The molecule has 0 aromatic carbocycles. The van der Waals surface area contributed by atoms with Gasteiger partial charge in [0.15, 0.2) is 19.6 Å².